The molecule has 0 unspecified atom stereocenters. The van der Waals surface area contributed by atoms with Gasteiger partial charge in [0.1, 0.15) is 5.54 Å². The minimum absolute atomic E-state index is 0.0503. The minimum atomic E-state index is -3.62. The van der Waals surface area contributed by atoms with Gasteiger partial charge in [0.05, 0.1) is 12.8 Å². The fourth-order valence-electron chi connectivity index (χ4n) is 4.77. The van der Waals surface area contributed by atoms with Crippen molar-refractivity contribution < 1.29 is 18.0 Å². The Morgan fingerprint density at radius 2 is 1.71 bits per heavy atom. The first-order valence-corrected chi connectivity index (χ1v) is 13.0. The monoisotopic (exact) mass is 449 g/mol. The Morgan fingerprint density at radius 3 is 2.29 bits per heavy atom. The molecule has 1 aromatic carbocycles. The van der Waals surface area contributed by atoms with Crippen LogP contribution in [0.5, 0.6) is 0 Å². The molecule has 2 fully saturated rings. The standard InChI is InChI=1S/C23H35N3O4S/c1-17-12-13-20(18(2)14-17)26-21(27)15-25(31(4,29)30)16-23(26,3)22(28)24-19-10-8-6-5-7-9-11-19/h12-14,19H,5-11,15-16H2,1-4H3,(H,24,28)/t23-/m0/s1. The SMILES string of the molecule is Cc1ccc(N2C(=O)CN(S(C)(=O)=O)C[C@@]2(C)C(=O)NC2CCCCCCC2)c(C)c1. The van der Waals surface area contributed by atoms with Crippen molar-refractivity contribution in [2.24, 2.45) is 0 Å². The average molecular weight is 450 g/mol. The molecular formula is C23H35N3O4S. The van der Waals surface area contributed by atoms with Gasteiger partial charge in [-0.1, -0.05) is 49.8 Å². The van der Waals surface area contributed by atoms with Gasteiger partial charge in [-0.3, -0.25) is 14.5 Å². The largest absolute Gasteiger partial charge is 0.351 e. The minimum Gasteiger partial charge on any atom is -0.351 e. The van der Waals surface area contributed by atoms with Gasteiger partial charge in [0.15, 0.2) is 0 Å². The number of sulfonamides is 1. The van der Waals surface area contributed by atoms with E-state index in [-0.39, 0.29) is 30.9 Å². The maximum Gasteiger partial charge on any atom is 0.247 e. The quantitative estimate of drug-likeness (QED) is 0.766. The molecule has 0 aromatic heterocycles. The molecule has 31 heavy (non-hydrogen) atoms. The Morgan fingerprint density at radius 1 is 1.10 bits per heavy atom. The molecule has 1 aromatic rings. The summed E-state index contributed by atoms with van der Waals surface area (Å²) in [5.74, 6) is -0.682. The Bertz CT molecular complexity index is 938. The van der Waals surface area contributed by atoms with Crippen LogP contribution in [0.25, 0.3) is 0 Å². The number of hydrogen-bond acceptors (Lipinski definition) is 4. The van der Waals surface area contributed by atoms with Gasteiger partial charge < -0.3 is 5.32 Å². The number of hydrogen-bond donors (Lipinski definition) is 1. The van der Waals surface area contributed by atoms with E-state index in [4.69, 9.17) is 0 Å². The molecule has 2 aliphatic rings. The Balaban J connectivity index is 1.97. The molecule has 0 bridgehead atoms. The third-order valence-corrected chi connectivity index (χ3v) is 7.73. The molecular weight excluding hydrogens is 414 g/mol. The Hall–Kier alpha value is -1.93. The highest BCUT2D eigenvalue weighted by Gasteiger charge is 2.50. The van der Waals surface area contributed by atoms with Crippen LogP contribution in [0.15, 0.2) is 18.2 Å². The topological polar surface area (TPSA) is 86.8 Å². The lowest BCUT2D eigenvalue weighted by Crippen LogP contribution is -2.70. The van der Waals surface area contributed by atoms with Crippen molar-refractivity contribution in [1.82, 2.24) is 9.62 Å². The lowest BCUT2D eigenvalue weighted by molar-refractivity contribution is -0.133. The molecule has 7 nitrogen and oxygen atoms in total. The first-order chi connectivity index (χ1) is 14.5. The Labute approximate surface area is 186 Å². The zero-order chi connectivity index (χ0) is 22.8. The summed E-state index contributed by atoms with van der Waals surface area (Å²) in [7, 11) is -3.62. The van der Waals surface area contributed by atoms with E-state index in [1.165, 1.54) is 24.2 Å². The second-order valence-corrected chi connectivity index (χ2v) is 11.3. The number of anilines is 1. The fraction of sp³-hybridized carbons (Fsp3) is 0.652. The van der Waals surface area contributed by atoms with Crippen molar-refractivity contribution in [3.05, 3.63) is 29.3 Å². The molecule has 1 saturated heterocycles. The highest BCUT2D eigenvalue weighted by molar-refractivity contribution is 7.88. The fourth-order valence-corrected chi connectivity index (χ4v) is 5.60. The van der Waals surface area contributed by atoms with E-state index in [0.29, 0.717) is 5.69 Å². The van der Waals surface area contributed by atoms with Gasteiger partial charge in [-0.25, -0.2) is 8.42 Å². The molecule has 1 heterocycles. The molecule has 0 radical (unpaired) electrons. The Kier molecular flexibility index (Phi) is 7.11. The van der Waals surface area contributed by atoms with E-state index in [9.17, 15) is 18.0 Å². The van der Waals surface area contributed by atoms with Gasteiger partial charge in [0, 0.05) is 18.3 Å². The van der Waals surface area contributed by atoms with E-state index in [1.54, 1.807) is 6.92 Å². The second kappa shape index (κ2) is 9.28. The number of nitrogens with one attached hydrogen (secondary N) is 1. The smallest absolute Gasteiger partial charge is 0.247 e. The average Bonchev–Trinajstić information content (AvgIpc) is 2.64. The summed E-state index contributed by atoms with van der Waals surface area (Å²) in [6.07, 6.45) is 8.60. The zero-order valence-corrected chi connectivity index (χ0v) is 19.9. The van der Waals surface area contributed by atoms with Gasteiger partial charge in [0.25, 0.3) is 0 Å². The molecule has 8 heteroatoms. The van der Waals surface area contributed by atoms with Crippen molar-refractivity contribution >= 4 is 27.5 Å². The molecule has 1 aliphatic carbocycles. The zero-order valence-electron chi connectivity index (χ0n) is 19.1. The van der Waals surface area contributed by atoms with Crippen LogP contribution >= 0.6 is 0 Å². The molecule has 1 aliphatic heterocycles. The number of carbonyl (C=O) groups is 2. The first-order valence-electron chi connectivity index (χ1n) is 11.2. The van der Waals surface area contributed by atoms with Crippen molar-refractivity contribution in [3.8, 4) is 0 Å². The van der Waals surface area contributed by atoms with Gasteiger partial charge in [-0.2, -0.15) is 4.31 Å². The highest BCUT2D eigenvalue weighted by atomic mass is 32.2. The van der Waals surface area contributed by atoms with Gasteiger partial charge >= 0.3 is 0 Å². The van der Waals surface area contributed by atoms with Crippen LogP contribution < -0.4 is 10.2 Å². The van der Waals surface area contributed by atoms with E-state index in [2.05, 4.69) is 5.32 Å². The third kappa shape index (κ3) is 5.29. The van der Waals surface area contributed by atoms with Crippen molar-refractivity contribution in [1.29, 1.82) is 0 Å². The number of piperazine rings is 1. The summed E-state index contributed by atoms with van der Waals surface area (Å²) in [5, 5.41) is 3.17. The lowest BCUT2D eigenvalue weighted by Gasteiger charge is -2.47. The summed E-state index contributed by atoms with van der Waals surface area (Å²) < 4.78 is 25.7. The predicted molar refractivity (Wildman–Crippen MR) is 122 cm³/mol. The van der Waals surface area contributed by atoms with Gasteiger partial charge in [-0.05, 0) is 45.2 Å². The molecule has 2 amide bonds. The molecule has 172 valence electrons. The van der Waals surface area contributed by atoms with Crippen LogP contribution in [-0.4, -0.2) is 55.5 Å². The summed E-state index contributed by atoms with van der Waals surface area (Å²) in [6, 6.07) is 5.78. The van der Waals surface area contributed by atoms with E-state index >= 15 is 0 Å². The predicted octanol–water partition coefficient (Wildman–Crippen LogP) is 2.90. The van der Waals surface area contributed by atoms with Crippen LogP contribution in [0, 0.1) is 13.8 Å². The van der Waals surface area contributed by atoms with Crippen LogP contribution in [0.3, 0.4) is 0 Å². The summed E-state index contributed by atoms with van der Waals surface area (Å²) in [6.45, 7) is 5.23. The first kappa shape index (κ1) is 23.7. The van der Waals surface area contributed by atoms with Crippen molar-refractivity contribution in [2.45, 2.75) is 77.3 Å². The molecule has 1 atom stereocenters. The summed E-state index contributed by atoms with van der Waals surface area (Å²) >= 11 is 0. The number of nitrogens with zero attached hydrogens (tertiary/aromatic N) is 2. The van der Waals surface area contributed by atoms with E-state index < -0.39 is 15.6 Å². The summed E-state index contributed by atoms with van der Waals surface area (Å²) in [5.41, 5.74) is 1.26. The third-order valence-electron chi connectivity index (χ3n) is 6.53. The maximum absolute atomic E-state index is 13.6. The van der Waals surface area contributed by atoms with Crippen LogP contribution in [-0.2, 0) is 19.6 Å². The number of carbonyl (C=O) groups excluding carboxylic acids is 2. The van der Waals surface area contributed by atoms with E-state index in [0.717, 1.165) is 47.4 Å². The van der Waals surface area contributed by atoms with Crippen molar-refractivity contribution in [3.63, 3.8) is 0 Å². The highest BCUT2D eigenvalue weighted by Crippen LogP contribution is 2.33. The number of benzene rings is 1. The van der Waals surface area contributed by atoms with Gasteiger partial charge in [0.2, 0.25) is 21.8 Å². The second-order valence-electron chi connectivity index (χ2n) is 9.34. The molecule has 1 saturated carbocycles. The van der Waals surface area contributed by atoms with E-state index in [1.807, 2.05) is 32.0 Å². The number of rotatable bonds is 4. The number of amides is 2. The molecule has 3 rings (SSSR count). The summed E-state index contributed by atoms with van der Waals surface area (Å²) in [4.78, 5) is 28.4. The maximum atomic E-state index is 13.6. The van der Waals surface area contributed by atoms with Gasteiger partial charge in [-0.15, -0.1) is 0 Å². The van der Waals surface area contributed by atoms with Crippen LogP contribution in [0.4, 0.5) is 5.69 Å². The van der Waals surface area contributed by atoms with Crippen LogP contribution in [0.2, 0.25) is 0 Å². The van der Waals surface area contributed by atoms with Crippen molar-refractivity contribution in [2.75, 3.05) is 24.2 Å². The lowest BCUT2D eigenvalue weighted by atomic mass is 9.91. The normalized spacial score (nSPS) is 24.5. The molecule has 0 spiro atoms. The number of aryl methyl sites for hydroxylation is 2. The van der Waals surface area contributed by atoms with Crippen LogP contribution in [0.1, 0.15) is 63.0 Å². The molecule has 1 N–H and O–H groups in total.